The van der Waals surface area contributed by atoms with Gasteiger partial charge < -0.3 is 15.0 Å². The van der Waals surface area contributed by atoms with Gasteiger partial charge in [0.05, 0.1) is 19.3 Å². The van der Waals surface area contributed by atoms with Gasteiger partial charge in [0.15, 0.2) is 0 Å². The standard InChI is InChI=1S/C16H23N2O4PS/c1-5-23(20,22-12(3)11-15(19)21-4)18-16(17)13-7-9-14(10-8-13)24-6-2/h7-11H,5-6H2,1-4H3,(H2,17,18,20). The SMILES string of the molecule is CCSc1ccc(C(N)=NP(=O)(CC)OC(C)=CC(=O)OC)cc1. The molecule has 0 aliphatic heterocycles. The first-order valence-electron chi connectivity index (χ1n) is 7.47. The van der Waals surface area contributed by atoms with Crippen LogP contribution in [0.5, 0.6) is 0 Å². The number of benzene rings is 1. The third-order valence-electron chi connectivity index (χ3n) is 2.93. The lowest BCUT2D eigenvalue weighted by molar-refractivity contribution is -0.135. The van der Waals surface area contributed by atoms with Crippen LogP contribution in [0.1, 0.15) is 26.3 Å². The van der Waals surface area contributed by atoms with E-state index in [2.05, 4.69) is 16.4 Å². The molecule has 1 unspecified atom stereocenters. The van der Waals surface area contributed by atoms with Crippen molar-refractivity contribution >= 4 is 31.1 Å². The Hall–Kier alpha value is -1.72. The average molecular weight is 370 g/mol. The zero-order valence-electron chi connectivity index (χ0n) is 14.3. The molecule has 1 atom stereocenters. The highest BCUT2D eigenvalue weighted by atomic mass is 32.2. The normalized spacial score (nSPS) is 14.8. The number of nitrogens with two attached hydrogens (primary N) is 1. The van der Waals surface area contributed by atoms with Crippen LogP contribution < -0.4 is 5.73 Å². The van der Waals surface area contributed by atoms with Crippen LogP contribution in [0, 0.1) is 0 Å². The molecule has 0 fully saturated rings. The van der Waals surface area contributed by atoms with Gasteiger partial charge >= 0.3 is 13.5 Å². The maximum absolute atomic E-state index is 12.7. The van der Waals surface area contributed by atoms with Crippen molar-refractivity contribution < 1.29 is 18.6 Å². The summed E-state index contributed by atoms with van der Waals surface area (Å²) >= 11 is 1.72. The summed E-state index contributed by atoms with van der Waals surface area (Å²) in [7, 11) is -2.14. The maximum Gasteiger partial charge on any atom is 0.363 e. The van der Waals surface area contributed by atoms with E-state index in [9.17, 15) is 9.36 Å². The average Bonchev–Trinajstić information content (AvgIpc) is 2.55. The molecule has 0 aliphatic rings. The van der Waals surface area contributed by atoms with Gasteiger partial charge in [-0.15, -0.1) is 11.8 Å². The van der Waals surface area contributed by atoms with Gasteiger partial charge in [-0.05, 0) is 24.8 Å². The molecule has 1 aromatic carbocycles. The Kier molecular flexibility index (Phi) is 8.08. The lowest BCUT2D eigenvalue weighted by Crippen LogP contribution is -2.13. The van der Waals surface area contributed by atoms with E-state index >= 15 is 0 Å². The minimum Gasteiger partial charge on any atom is -0.466 e. The predicted molar refractivity (Wildman–Crippen MR) is 98.6 cm³/mol. The number of hydrogen-bond donors (Lipinski definition) is 1. The summed E-state index contributed by atoms with van der Waals surface area (Å²) in [6.07, 6.45) is 1.27. The van der Waals surface area contributed by atoms with E-state index in [-0.39, 0.29) is 17.8 Å². The molecule has 6 nitrogen and oxygen atoms in total. The van der Waals surface area contributed by atoms with Crippen LogP contribution in [-0.4, -0.2) is 30.8 Å². The quantitative estimate of drug-likeness (QED) is 0.142. The molecular weight excluding hydrogens is 347 g/mol. The molecule has 0 spiro atoms. The number of carbonyl (C=O) groups excluding carboxylic acids is 1. The van der Waals surface area contributed by atoms with Crippen molar-refractivity contribution in [2.75, 3.05) is 19.0 Å². The fourth-order valence-corrected chi connectivity index (χ4v) is 3.66. The second kappa shape index (κ2) is 9.55. The molecule has 0 saturated heterocycles. The van der Waals surface area contributed by atoms with Crippen molar-refractivity contribution in [2.24, 2.45) is 10.5 Å². The molecule has 0 heterocycles. The van der Waals surface area contributed by atoms with E-state index < -0.39 is 13.5 Å². The zero-order chi connectivity index (χ0) is 18.2. The minimum absolute atomic E-state index is 0.138. The lowest BCUT2D eigenvalue weighted by atomic mass is 10.2. The summed E-state index contributed by atoms with van der Waals surface area (Å²) in [4.78, 5) is 12.3. The number of carbonyl (C=O) groups is 1. The monoisotopic (exact) mass is 370 g/mol. The van der Waals surface area contributed by atoms with Gasteiger partial charge in [0.1, 0.15) is 11.6 Å². The predicted octanol–water partition coefficient (Wildman–Crippen LogP) is 3.81. The first kappa shape index (κ1) is 20.3. The van der Waals surface area contributed by atoms with E-state index in [0.29, 0.717) is 5.56 Å². The molecule has 8 heteroatoms. The number of amidine groups is 1. The van der Waals surface area contributed by atoms with Gasteiger partial charge in [0, 0.05) is 10.5 Å². The van der Waals surface area contributed by atoms with Crippen LogP contribution in [0.4, 0.5) is 0 Å². The molecule has 2 N–H and O–H groups in total. The van der Waals surface area contributed by atoms with Crippen LogP contribution in [0.2, 0.25) is 0 Å². The van der Waals surface area contributed by atoms with Gasteiger partial charge in [0.25, 0.3) is 0 Å². The van der Waals surface area contributed by atoms with Crippen LogP contribution in [0.3, 0.4) is 0 Å². The summed E-state index contributed by atoms with van der Waals surface area (Å²) < 4.78 is 26.7. The Labute approximate surface area is 147 Å². The Morgan fingerprint density at radius 3 is 2.46 bits per heavy atom. The molecule has 1 aromatic rings. The van der Waals surface area contributed by atoms with Gasteiger partial charge in [-0.3, -0.25) is 4.57 Å². The number of rotatable bonds is 8. The molecule has 132 valence electrons. The smallest absolute Gasteiger partial charge is 0.363 e. The van der Waals surface area contributed by atoms with Crippen molar-refractivity contribution in [1.82, 2.24) is 0 Å². The number of allylic oxidation sites excluding steroid dienone is 1. The van der Waals surface area contributed by atoms with Crippen LogP contribution in [0.25, 0.3) is 0 Å². The summed E-state index contributed by atoms with van der Waals surface area (Å²) in [6, 6.07) is 7.53. The van der Waals surface area contributed by atoms with E-state index in [4.69, 9.17) is 10.3 Å². The molecule has 0 amide bonds. The Bertz CT molecular complexity index is 671. The maximum atomic E-state index is 12.7. The Morgan fingerprint density at radius 1 is 1.33 bits per heavy atom. The molecule has 0 radical (unpaired) electrons. The number of methoxy groups -OCH3 is 1. The van der Waals surface area contributed by atoms with E-state index in [0.717, 1.165) is 16.7 Å². The van der Waals surface area contributed by atoms with Gasteiger partial charge in [-0.1, -0.05) is 26.0 Å². The van der Waals surface area contributed by atoms with Crippen LogP contribution >= 0.6 is 19.3 Å². The summed E-state index contributed by atoms with van der Waals surface area (Å²) in [5.74, 6) is 0.696. The fraction of sp³-hybridized carbons (Fsp3) is 0.375. The number of ether oxygens (including phenoxy) is 1. The molecular formula is C16H23N2O4PS. The number of hydrogen-bond acceptors (Lipinski definition) is 5. The highest BCUT2D eigenvalue weighted by Gasteiger charge is 2.22. The van der Waals surface area contributed by atoms with Crippen molar-refractivity contribution in [3.8, 4) is 0 Å². The third-order valence-corrected chi connectivity index (χ3v) is 5.72. The number of esters is 1. The summed E-state index contributed by atoms with van der Waals surface area (Å²) in [5.41, 5.74) is 6.63. The van der Waals surface area contributed by atoms with Crippen molar-refractivity contribution in [1.29, 1.82) is 0 Å². The highest BCUT2D eigenvalue weighted by molar-refractivity contribution is 7.99. The second-order valence-corrected chi connectivity index (χ2v) is 8.39. The summed E-state index contributed by atoms with van der Waals surface area (Å²) in [5, 5.41) is 0. The van der Waals surface area contributed by atoms with Gasteiger partial charge in [-0.2, -0.15) is 4.76 Å². The fourth-order valence-electron chi connectivity index (χ4n) is 1.74. The minimum atomic E-state index is -3.39. The van der Waals surface area contributed by atoms with Crippen LogP contribution in [0.15, 0.2) is 45.8 Å². The van der Waals surface area contributed by atoms with Crippen molar-refractivity contribution in [3.05, 3.63) is 41.7 Å². The number of nitrogens with zero attached hydrogens (tertiary/aromatic N) is 1. The molecule has 0 aromatic heterocycles. The first-order chi connectivity index (χ1) is 11.3. The van der Waals surface area contributed by atoms with E-state index in [1.807, 2.05) is 24.3 Å². The molecule has 1 rings (SSSR count). The molecule has 0 saturated carbocycles. The molecule has 0 bridgehead atoms. The lowest BCUT2D eigenvalue weighted by Gasteiger charge is -2.15. The van der Waals surface area contributed by atoms with E-state index in [1.54, 1.807) is 18.7 Å². The van der Waals surface area contributed by atoms with Crippen molar-refractivity contribution in [3.63, 3.8) is 0 Å². The number of thioether (sulfide) groups is 1. The largest absolute Gasteiger partial charge is 0.466 e. The van der Waals surface area contributed by atoms with Crippen LogP contribution in [-0.2, 0) is 18.6 Å². The topological polar surface area (TPSA) is 91.0 Å². The zero-order valence-corrected chi connectivity index (χ0v) is 16.0. The first-order valence-corrected chi connectivity index (χ1v) is 10.2. The molecule has 0 aliphatic carbocycles. The molecule has 24 heavy (non-hydrogen) atoms. The van der Waals surface area contributed by atoms with Gasteiger partial charge in [0.2, 0.25) is 0 Å². The third kappa shape index (κ3) is 6.42. The van der Waals surface area contributed by atoms with Gasteiger partial charge in [-0.25, -0.2) is 4.79 Å². The Balaban J connectivity index is 2.97. The summed E-state index contributed by atoms with van der Waals surface area (Å²) in [6.45, 7) is 5.28. The van der Waals surface area contributed by atoms with Crippen molar-refractivity contribution in [2.45, 2.75) is 25.7 Å². The Morgan fingerprint density at radius 2 is 1.96 bits per heavy atom. The highest BCUT2D eigenvalue weighted by Crippen LogP contribution is 2.50. The second-order valence-electron chi connectivity index (χ2n) is 4.77. The van der Waals surface area contributed by atoms with E-state index in [1.165, 1.54) is 14.0 Å².